The highest BCUT2D eigenvalue weighted by Crippen LogP contribution is 2.51. The Hall–Kier alpha value is -7.04. The van der Waals surface area contributed by atoms with Crippen molar-refractivity contribution in [3.8, 4) is 39.3 Å². The molecule has 0 fully saturated rings. The van der Waals surface area contributed by atoms with Gasteiger partial charge in [0.15, 0.2) is 0 Å². The number of aromatic nitrogens is 4. The second-order valence-corrected chi connectivity index (χ2v) is 15.4. The molecule has 0 spiro atoms. The third kappa shape index (κ3) is 4.17. The summed E-state index contributed by atoms with van der Waals surface area (Å²) in [5.74, 6) is 0.832. The Bertz CT molecular complexity index is 3400. The molecule has 0 N–H and O–H groups in total. The molecule has 12 rings (SSSR count). The molecule has 1 aliphatic carbocycles. The summed E-state index contributed by atoms with van der Waals surface area (Å²) in [4.78, 5) is 10.6. The number of rotatable bonds is 3. The first-order valence-electron chi connectivity index (χ1n) is 19.0. The molecule has 0 aliphatic heterocycles. The largest absolute Gasteiger partial charge is 0.278 e. The van der Waals surface area contributed by atoms with E-state index in [1.165, 1.54) is 66.1 Å². The number of imidazole rings is 1. The molecular formula is C51H34N4. The SMILES string of the molecule is CC1(C)c2cc(-c3ccccc3)ccc2-c2ccc(-c3cc4c5ccccc5n(-c5nc6ccccc6c6nc7ccccc7n56)c4c4ccccc34)cc21. The zero-order valence-corrected chi connectivity index (χ0v) is 30.5. The van der Waals surface area contributed by atoms with Gasteiger partial charge < -0.3 is 0 Å². The highest BCUT2D eigenvalue weighted by atomic mass is 15.2. The minimum Gasteiger partial charge on any atom is -0.278 e. The number of para-hydroxylation sites is 4. The van der Waals surface area contributed by atoms with Crippen LogP contribution in [-0.4, -0.2) is 18.9 Å². The van der Waals surface area contributed by atoms with Crippen molar-refractivity contribution in [3.05, 3.63) is 181 Å². The van der Waals surface area contributed by atoms with Crippen LogP contribution >= 0.6 is 0 Å². The van der Waals surface area contributed by atoms with Crippen molar-refractivity contribution in [2.75, 3.05) is 0 Å². The van der Waals surface area contributed by atoms with E-state index in [1.807, 2.05) is 0 Å². The Morgan fingerprint density at radius 2 is 1.02 bits per heavy atom. The van der Waals surface area contributed by atoms with Crippen LogP contribution < -0.4 is 0 Å². The maximum atomic E-state index is 5.44. The third-order valence-electron chi connectivity index (χ3n) is 12.1. The molecule has 55 heavy (non-hydrogen) atoms. The molecule has 0 radical (unpaired) electrons. The minimum absolute atomic E-state index is 0.151. The van der Waals surface area contributed by atoms with Crippen LogP contribution in [0.1, 0.15) is 25.0 Å². The number of fused-ring (bicyclic) bond motifs is 13. The summed E-state index contributed by atoms with van der Waals surface area (Å²) < 4.78 is 4.62. The molecule has 1 aliphatic rings. The second-order valence-electron chi connectivity index (χ2n) is 15.4. The monoisotopic (exact) mass is 702 g/mol. The van der Waals surface area contributed by atoms with Crippen molar-refractivity contribution in [1.29, 1.82) is 0 Å². The molecule has 258 valence electrons. The van der Waals surface area contributed by atoms with E-state index in [0.717, 1.165) is 44.6 Å². The van der Waals surface area contributed by atoms with Crippen molar-refractivity contribution in [2.45, 2.75) is 19.3 Å². The summed E-state index contributed by atoms with van der Waals surface area (Å²) >= 11 is 0. The van der Waals surface area contributed by atoms with Crippen molar-refractivity contribution >= 4 is 60.2 Å². The number of nitrogens with zero attached hydrogens (tertiary/aromatic N) is 4. The lowest BCUT2D eigenvalue weighted by Crippen LogP contribution is -2.15. The van der Waals surface area contributed by atoms with Gasteiger partial charge in [0.05, 0.1) is 27.6 Å². The smallest absolute Gasteiger partial charge is 0.221 e. The number of benzene rings is 8. The summed E-state index contributed by atoms with van der Waals surface area (Å²) in [5, 5.41) is 5.83. The second kappa shape index (κ2) is 11.0. The van der Waals surface area contributed by atoms with Crippen LogP contribution in [0.15, 0.2) is 170 Å². The summed E-state index contributed by atoms with van der Waals surface area (Å²) in [7, 11) is 0. The summed E-state index contributed by atoms with van der Waals surface area (Å²) in [5.41, 5.74) is 16.3. The fourth-order valence-corrected chi connectivity index (χ4v) is 9.46. The van der Waals surface area contributed by atoms with Gasteiger partial charge in [-0.3, -0.25) is 8.97 Å². The molecule has 3 heterocycles. The van der Waals surface area contributed by atoms with Gasteiger partial charge in [-0.25, -0.2) is 9.97 Å². The first-order chi connectivity index (χ1) is 27.0. The van der Waals surface area contributed by atoms with Gasteiger partial charge in [0.2, 0.25) is 5.95 Å². The average Bonchev–Trinajstić information content (AvgIpc) is 3.86. The van der Waals surface area contributed by atoms with Crippen molar-refractivity contribution in [1.82, 2.24) is 18.9 Å². The summed E-state index contributed by atoms with van der Waals surface area (Å²) in [6, 6.07) is 61.6. The van der Waals surface area contributed by atoms with Crippen LogP contribution in [0.25, 0.3) is 99.5 Å². The van der Waals surface area contributed by atoms with Gasteiger partial charge in [-0.05, 0) is 98.4 Å². The summed E-state index contributed by atoms with van der Waals surface area (Å²) in [6.07, 6.45) is 0. The summed E-state index contributed by atoms with van der Waals surface area (Å²) in [6.45, 7) is 4.75. The highest BCUT2D eigenvalue weighted by Gasteiger charge is 2.36. The molecule has 0 bridgehead atoms. The Morgan fingerprint density at radius 1 is 0.418 bits per heavy atom. The lowest BCUT2D eigenvalue weighted by Gasteiger charge is -2.23. The van der Waals surface area contributed by atoms with E-state index in [4.69, 9.17) is 9.97 Å². The molecular weight excluding hydrogens is 669 g/mol. The molecule has 0 saturated heterocycles. The van der Waals surface area contributed by atoms with Crippen LogP contribution in [0.3, 0.4) is 0 Å². The minimum atomic E-state index is -0.151. The standard InChI is InChI=1S/C51H34N4/c1-51(2)42-28-32(31-14-4-3-5-15-31)24-26-35(42)36-27-25-33(29-43(36)51)40-30-41-37-17-9-12-22-46(37)54(48(41)38-18-7-6-16-34(38)40)50-53-44-20-10-8-19-39(44)49-52-45-21-11-13-23-47(45)55(49)50/h3-30H,1-2H3. The van der Waals surface area contributed by atoms with E-state index in [1.54, 1.807) is 0 Å². The van der Waals surface area contributed by atoms with Gasteiger partial charge in [-0.1, -0.05) is 135 Å². The lowest BCUT2D eigenvalue weighted by atomic mass is 9.80. The molecule has 0 saturated carbocycles. The third-order valence-corrected chi connectivity index (χ3v) is 12.1. The van der Waals surface area contributed by atoms with Gasteiger partial charge in [0.1, 0.15) is 5.65 Å². The lowest BCUT2D eigenvalue weighted by molar-refractivity contribution is 0.661. The zero-order chi connectivity index (χ0) is 36.4. The van der Waals surface area contributed by atoms with Crippen LogP contribution in [0.4, 0.5) is 0 Å². The van der Waals surface area contributed by atoms with Gasteiger partial charge >= 0.3 is 0 Å². The maximum Gasteiger partial charge on any atom is 0.221 e. The zero-order valence-electron chi connectivity index (χ0n) is 30.5. The Labute approximate surface area is 317 Å². The fourth-order valence-electron chi connectivity index (χ4n) is 9.46. The Balaban J connectivity index is 1.12. The molecule has 11 aromatic rings. The van der Waals surface area contributed by atoms with Crippen molar-refractivity contribution < 1.29 is 0 Å². The predicted octanol–water partition coefficient (Wildman–Crippen LogP) is 12.9. The van der Waals surface area contributed by atoms with Crippen LogP contribution in [-0.2, 0) is 5.41 Å². The highest BCUT2D eigenvalue weighted by molar-refractivity contribution is 6.22. The van der Waals surface area contributed by atoms with E-state index in [9.17, 15) is 0 Å². The van der Waals surface area contributed by atoms with E-state index in [-0.39, 0.29) is 5.41 Å². The van der Waals surface area contributed by atoms with Gasteiger partial charge in [-0.15, -0.1) is 0 Å². The fraction of sp³-hybridized carbons (Fsp3) is 0.0588. The molecule has 0 atom stereocenters. The quantitative estimate of drug-likeness (QED) is 0.184. The maximum absolute atomic E-state index is 5.44. The van der Waals surface area contributed by atoms with E-state index in [0.29, 0.717) is 0 Å². The molecule has 4 nitrogen and oxygen atoms in total. The molecule has 0 unspecified atom stereocenters. The predicted molar refractivity (Wildman–Crippen MR) is 228 cm³/mol. The van der Waals surface area contributed by atoms with Crippen LogP contribution in [0, 0.1) is 0 Å². The number of hydrogen-bond donors (Lipinski definition) is 0. The van der Waals surface area contributed by atoms with Crippen molar-refractivity contribution in [3.63, 3.8) is 0 Å². The Morgan fingerprint density at radius 3 is 1.80 bits per heavy atom. The molecule has 0 amide bonds. The Kier molecular flexibility index (Phi) is 6.09. The first kappa shape index (κ1) is 30.4. The average molecular weight is 703 g/mol. The topological polar surface area (TPSA) is 35.1 Å². The van der Waals surface area contributed by atoms with Crippen LogP contribution in [0.5, 0.6) is 0 Å². The molecule has 3 aromatic heterocycles. The van der Waals surface area contributed by atoms with Crippen molar-refractivity contribution in [2.24, 2.45) is 0 Å². The normalized spacial score (nSPS) is 13.4. The number of hydrogen-bond acceptors (Lipinski definition) is 2. The van der Waals surface area contributed by atoms with Gasteiger partial charge in [0.25, 0.3) is 0 Å². The van der Waals surface area contributed by atoms with E-state index < -0.39 is 0 Å². The van der Waals surface area contributed by atoms with Crippen LogP contribution in [0.2, 0.25) is 0 Å². The van der Waals surface area contributed by atoms with Gasteiger partial charge in [-0.2, -0.15) is 0 Å². The van der Waals surface area contributed by atoms with Gasteiger partial charge in [0, 0.05) is 27.0 Å². The molecule has 8 aromatic carbocycles. The van der Waals surface area contributed by atoms with E-state index >= 15 is 0 Å². The molecule has 4 heteroatoms. The first-order valence-corrected chi connectivity index (χ1v) is 19.0. The van der Waals surface area contributed by atoms with E-state index in [2.05, 4.69) is 193 Å².